The average Bonchev–Trinajstić information content (AvgIpc) is 2.25. The molecule has 85 valence electrons. The number of rotatable bonds is 5. The zero-order chi connectivity index (χ0) is 12.1. The van der Waals surface area contributed by atoms with Gasteiger partial charge in [0.25, 0.3) is 0 Å². The van der Waals surface area contributed by atoms with Crippen molar-refractivity contribution in [3.05, 3.63) is 30.3 Å². The number of hydrogen-bond acceptors (Lipinski definition) is 3. The van der Waals surface area contributed by atoms with Gasteiger partial charge >= 0.3 is 11.9 Å². The van der Waals surface area contributed by atoms with Crippen molar-refractivity contribution in [3.8, 4) is 0 Å². The second-order valence-electron chi connectivity index (χ2n) is 3.11. The summed E-state index contributed by atoms with van der Waals surface area (Å²) in [5.74, 6) is -2.63. The predicted octanol–water partition coefficient (Wildman–Crippen LogP) is 1.07. The molecule has 0 fully saturated rings. The van der Waals surface area contributed by atoms with E-state index in [2.05, 4.69) is 0 Å². The van der Waals surface area contributed by atoms with E-state index in [1.807, 2.05) is 0 Å². The lowest BCUT2D eigenvalue weighted by Gasteiger charge is -2.08. The molecule has 1 rings (SSSR count). The first kappa shape index (κ1) is 12.3. The molecule has 1 aromatic carbocycles. The third-order valence-corrected chi connectivity index (χ3v) is 3.72. The minimum atomic E-state index is -2.24. The highest BCUT2D eigenvalue weighted by molar-refractivity contribution is 7.55. The largest absolute Gasteiger partial charge is 0.481 e. The zero-order valence-corrected chi connectivity index (χ0v) is 9.13. The Balaban J connectivity index is 2.92. The van der Waals surface area contributed by atoms with Crippen LogP contribution in [0.4, 0.5) is 0 Å². The van der Waals surface area contributed by atoms with Crippen LogP contribution in [-0.2, 0) is 14.2 Å². The molecule has 0 heterocycles. The number of hydrogen-bond donors (Lipinski definition) is 2. The topological polar surface area (TPSA) is 91.7 Å². The molecular weight excluding hydrogens is 231 g/mol. The molecule has 0 spiro atoms. The normalized spacial score (nSPS) is 12.9. The molecule has 0 amide bonds. The zero-order valence-electron chi connectivity index (χ0n) is 8.24. The van der Waals surface area contributed by atoms with Crippen molar-refractivity contribution in [1.82, 2.24) is 0 Å². The van der Waals surface area contributed by atoms with Crippen molar-refractivity contribution in [2.24, 2.45) is 0 Å². The van der Waals surface area contributed by atoms with Gasteiger partial charge in [-0.15, -0.1) is 0 Å². The standard InChI is InChI=1S/C10H10O5P/c11-9(12)6-8(10(13)14)16(15)7-4-2-1-3-5-7/h1-5,8H,6H2,(H,11,12)(H,13,14). The van der Waals surface area contributed by atoms with Crippen molar-refractivity contribution in [1.29, 1.82) is 0 Å². The summed E-state index contributed by atoms with van der Waals surface area (Å²) in [5.41, 5.74) is -1.38. The molecule has 2 N–H and O–H groups in total. The van der Waals surface area contributed by atoms with E-state index in [0.29, 0.717) is 5.30 Å². The van der Waals surface area contributed by atoms with Crippen LogP contribution in [0.5, 0.6) is 0 Å². The molecule has 0 aliphatic heterocycles. The lowest BCUT2D eigenvalue weighted by atomic mass is 10.3. The van der Waals surface area contributed by atoms with Gasteiger partial charge in [-0.3, -0.25) is 14.2 Å². The van der Waals surface area contributed by atoms with Gasteiger partial charge in [-0.05, 0) is 12.1 Å². The van der Waals surface area contributed by atoms with Crippen LogP contribution in [0.1, 0.15) is 6.42 Å². The molecule has 0 aromatic heterocycles. The van der Waals surface area contributed by atoms with E-state index in [1.165, 1.54) is 12.1 Å². The molecule has 0 saturated heterocycles. The van der Waals surface area contributed by atoms with Gasteiger partial charge in [-0.25, -0.2) is 0 Å². The highest BCUT2D eigenvalue weighted by Crippen LogP contribution is 2.29. The van der Waals surface area contributed by atoms with Crippen LogP contribution in [0.15, 0.2) is 30.3 Å². The van der Waals surface area contributed by atoms with Gasteiger partial charge in [0.05, 0.1) is 6.42 Å². The van der Waals surface area contributed by atoms with Gasteiger partial charge in [-0.1, -0.05) is 18.2 Å². The van der Waals surface area contributed by atoms with E-state index in [0.717, 1.165) is 0 Å². The van der Waals surface area contributed by atoms with Crippen molar-refractivity contribution in [2.45, 2.75) is 12.1 Å². The molecule has 0 bridgehead atoms. The Bertz CT molecular complexity index is 414. The molecule has 2 unspecified atom stereocenters. The van der Waals surface area contributed by atoms with Gasteiger partial charge in [0.15, 0.2) is 0 Å². The molecule has 6 heteroatoms. The summed E-state index contributed by atoms with van der Waals surface area (Å²) in [6, 6.07) is 8.01. The SMILES string of the molecule is O=C(O)CC(C(=O)O)[P](=O)c1ccccc1. The Kier molecular flexibility index (Phi) is 4.14. The smallest absolute Gasteiger partial charge is 0.318 e. The van der Waals surface area contributed by atoms with E-state index in [-0.39, 0.29) is 0 Å². The van der Waals surface area contributed by atoms with Gasteiger partial charge in [0.2, 0.25) is 0 Å². The summed E-state index contributed by atoms with van der Waals surface area (Å²) >= 11 is 0. The fourth-order valence-electron chi connectivity index (χ4n) is 1.19. The van der Waals surface area contributed by atoms with E-state index >= 15 is 0 Å². The first-order valence-corrected chi connectivity index (χ1v) is 5.81. The Morgan fingerprint density at radius 3 is 2.19 bits per heavy atom. The summed E-state index contributed by atoms with van der Waals surface area (Å²) in [7, 11) is -2.24. The fraction of sp³-hybridized carbons (Fsp3) is 0.200. The monoisotopic (exact) mass is 241 g/mol. The first-order valence-electron chi connectivity index (χ1n) is 4.48. The van der Waals surface area contributed by atoms with Gasteiger partial charge in [0, 0.05) is 5.30 Å². The Morgan fingerprint density at radius 2 is 1.75 bits per heavy atom. The molecule has 2 atom stereocenters. The fourth-order valence-corrected chi connectivity index (χ4v) is 2.54. The van der Waals surface area contributed by atoms with Gasteiger partial charge in [-0.2, -0.15) is 0 Å². The van der Waals surface area contributed by atoms with Crippen molar-refractivity contribution in [2.75, 3.05) is 0 Å². The van der Waals surface area contributed by atoms with E-state index < -0.39 is 31.8 Å². The summed E-state index contributed by atoms with van der Waals surface area (Å²) in [4.78, 5) is 21.3. The van der Waals surface area contributed by atoms with E-state index in [4.69, 9.17) is 10.2 Å². The molecule has 0 saturated carbocycles. The minimum absolute atomic E-state index is 0.353. The molecule has 1 radical (unpaired) electrons. The lowest BCUT2D eigenvalue weighted by molar-refractivity contribution is -0.143. The van der Waals surface area contributed by atoms with E-state index in [9.17, 15) is 14.2 Å². The third-order valence-electron chi connectivity index (χ3n) is 1.95. The number of aliphatic carboxylic acids is 2. The molecule has 0 aliphatic rings. The summed E-state index contributed by atoms with van der Waals surface area (Å²) in [5, 5.41) is 17.7. The Hall–Kier alpha value is -1.74. The minimum Gasteiger partial charge on any atom is -0.481 e. The number of benzene rings is 1. The third kappa shape index (κ3) is 3.14. The van der Waals surface area contributed by atoms with Crippen LogP contribution in [0, 0.1) is 0 Å². The second-order valence-corrected chi connectivity index (χ2v) is 4.90. The van der Waals surface area contributed by atoms with Crippen LogP contribution in [0.3, 0.4) is 0 Å². The van der Waals surface area contributed by atoms with Gasteiger partial charge < -0.3 is 10.2 Å². The van der Waals surface area contributed by atoms with Crippen LogP contribution in [0.25, 0.3) is 0 Å². The van der Waals surface area contributed by atoms with E-state index in [1.54, 1.807) is 18.2 Å². The highest BCUT2D eigenvalue weighted by atomic mass is 31.1. The predicted molar refractivity (Wildman–Crippen MR) is 57.4 cm³/mol. The summed E-state index contributed by atoms with van der Waals surface area (Å²) in [6.07, 6.45) is -0.639. The Morgan fingerprint density at radius 1 is 1.19 bits per heavy atom. The number of carboxylic acids is 2. The van der Waals surface area contributed by atoms with Crippen LogP contribution in [0.2, 0.25) is 0 Å². The second kappa shape index (κ2) is 5.37. The summed E-state index contributed by atoms with van der Waals surface area (Å²) in [6.45, 7) is 0. The maximum absolute atomic E-state index is 11.8. The Labute approximate surface area is 92.5 Å². The first-order chi connectivity index (χ1) is 7.52. The lowest BCUT2D eigenvalue weighted by Crippen LogP contribution is -2.23. The van der Waals surface area contributed by atoms with Gasteiger partial charge in [0.1, 0.15) is 13.5 Å². The van der Waals surface area contributed by atoms with Crippen molar-refractivity contribution >= 4 is 25.0 Å². The van der Waals surface area contributed by atoms with Crippen LogP contribution >= 0.6 is 7.80 Å². The number of carboxylic acid groups (broad SMARTS) is 2. The molecule has 5 nitrogen and oxygen atoms in total. The maximum Gasteiger partial charge on any atom is 0.318 e. The molecule has 16 heavy (non-hydrogen) atoms. The van der Waals surface area contributed by atoms with Crippen LogP contribution < -0.4 is 5.30 Å². The number of carbonyl (C=O) groups is 2. The quantitative estimate of drug-likeness (QED) is 0.752. The average molecular weight is 241 g/mol. The molecule has 0 aliphatic carbocycles. The van der Waals surface area contributed by atoms with Crippen molar-refractivity contribution < 1.29 is 24.4 Å². The van der Waals surface area contributed by atoms with Crippen LogP contribution in [-0.4, -0.2) is 27.8 Å². The summed E-state index contributed by atoms with van der Waals surface area (Å²) < 4.78 is 11.8. The molecular formula is C10H10O5P. The maximum atomic E-state index is 11.8. The van der Waals surface area contributed by atoms with Crippen molar-refractivity contribution in [3.63, 3.8) is 0 Å². The molecule has 1 aromatic rings. The highest BCUT2D eigenvalue weighted by Gasteiger charge is 2.28.